The summed E-state index contributed by atoms with van der Waals surface area (Å²) >= 11 is 0. The number of benzene rings is 4. The lowest BCUT2D eigenvalue weighted by molar-refractivity contribution is 0.0225. The fourth-order valence-corrected chi connectivity index (χ4v) is 5.56. The summed E-state index contributed by atoms with van der Waals surface area (Å²) in [4.78, 5) is 16.0. The van der Waals surface area contributed by atoms with Crippen molar-refractivity contribution in [2.75, 3.05) is 18.0 Å². The molecule has 4 heteroatoms. The Balaban J connectivity index is 1.73. The Labute approximate surface area is 199 Å². The van der Waals surface area contributed by atoms with Gasteiger partial charge in [-0.25, -0.2) is 4.79 Å². The summed E-state index contributed by atoms with van der Waals surface area (Å²) in [6.45, 7) is 8.45. The van der Waals surface area contributed by atoms with Crippen molar-refractivity contribution in [1.29, 1.82) is 0 Å². The summed E-state index contributed by atoms with van der Waals surface area (Å²) in [6.07, 6.45) is 0. The number of nitrogens with zero attached hydrogens (tertiary/aromatic N) is 1. The molecule has 0 unspecified atom stereocenters. The van der Waals surface area contributed by atoms with Crippen molar-refractivity contribution in [1.82, 2.24) is 0 Å². The zero-order valence-electron chi connectivity index (χ0n) is 19.7. The first-order valence-electron chi connectivity index (χ1n) is 12.0. The number of ether oxygens (including phenoxy) is 2. The average Bonchev–Trinajstić information content (AvgIpc) is 3.15. The van der Waals surface area contributed by atoms with E-state index in [1.165, 1.54) is 0 Å². The van der Waals surface area contributed by atoms with Gasteiger partial charge in [-0.2, -0.15) is 0 Å². The highest BCUT2D eigenvalue weighted by Crippen LogP contribution is 2.57. The number of esters is 1. The minimum Gasteiger partial charge on any atom is -0.456 e. The molecule has 1 spiro atoms. The van der Waals surface area contributed by atoms with Crippen molar-refractivity contribution in [2.45, 2.75) is 26.4 Å². The van der Waals surface area contributed by atoms with Gasteiger partial charge in [-0.3, -0.25) is 0 Å². The fraction of sp³-hybridized carbons (Fsp3) is 0.233. The molecule has 0 saturated carbocycles. The number of hydrogen-bond acceptors (Lipinski definition) is 4. The van der Waals surface area contributed by atoms with Crippen molar-refractivity contribution in [3.63, 3.8) is 0 Å². The first kappa shape index (κ1) is 20.8. The van der Waals surface area contributed by atoms with E-state index in [1.54, 1.807) is 0 Å². The lowest BCUT2D eigenvalue weighted by Crippen LogP contribution is -2.33. The van der Waals surface area contributed by atoms with Gasteiger partial charge in [0.2, 0.25) is 0 Å². The number of para-hydroxylation sites is 2. The van der Waals surface area contributed by atoms with Crippen LogP contribution in [0.15, 0.2) is 78.9 Å². The molecule has 2 heterocycles. The molecule has 4 nitrogen and oxygen atoms in total. The van der Waals surface area contributed by atoms with Crippen LogP contribution in [0, 0.1) is 5.92 Å². The van der Waals surface area contributed by atoms with E-state index < -0.39 is 5.60 Å². The van der Waals surface area contributed by atoms with Crippen molar-refractivity contribution < 1.29 is 14.3 Å². The van der Waals surface area contributed by atoms with E-state index in [0.29, 0.717) is 23.0 Å². The molecule has 6 rings (SSSR count). The van der Waals surface area contributed by atoms with Crippen LogP contribution in [0.1, 0.15) is 47.8 Å². The highest BCUT2D eigenvalue weighted by Gasteiger charge is 2.54. The fourth-order valence-electron chi connectivity index (χ4n) is 5.56. The van der Waals surface area contributed by atoms with Crippen molar-refractivity contribution in [3.8, 4) is 11.5 Å². The number of rotatable bonds is 4. The molecule has 2 aliphatic rings. The Kier molecular flexibility index (Phi) is 4.66. The molecule has 4 aromatic rings. The molecule has 0 aromatic heterocycles. The van der Waals surface area contributed by atoms with Crippen LogP contribution >= 0.6 is 0 Å². The van der Waals surface area contributed by atoms with Crippen LogP contribution in [0.5, 0.6) is 11.5 Å². The smallest absolute Gasteiger partial charge is 0.340 e. The van der Waals surface area contributed by atoms with E-state index in [-0.39, 0.29) is 5.97 Å². The van der Waals surface area contributed by atoms with Gasteiger partial charge >= 0.3 is 5.97 Å². The predicted molar refractivity (Wildman–Crippen MR) is 135 cm³/mol. The van der Waals surface area contributed by atoms with Crippen LogP contribution in [0.4, 0.5) is 5.69 Å². The summed E-state index contributed by atoms with van der Waals surface area (Å²) < 4.78 is 12.7. The third-order valence-corrected chi connectivity index (χ3v) is 6.91. The maximum absolute atomic E-state index is 13.6. The summed E-state index contributed by atoms with van der Waals surface area (Å²) in [5, 5.41) is 2.01. The lowest BCUT2D eigenvalue weighted by atomic mass is 9.76. The predicted octanol–water partition coefficient (Wildman–Crippen LogP) is 6.89. The molecule has 0 radical (unpaired) electrons. The van der Waals surface area contributed by atoms with Gasteiger partial charge in [-0.1, -0.05) is 74.5 Å². The molecule has 0 fully saturated rings. The third kappa shape index (κ3) is 2.81. The van der Waals surface area contributed by atoms with Crippen molar-refractivity contribution >= 4 is 22.4 Å². The summed E-state index contributed by atoms with van der Waals surface area (Å²) in [6, 6.07) is 26.1. The Morgan fingerprint density at radius 3 is 2.03 bits per heavy atom. The standard InChI is InChI=1S/C30H27NO3/c1-4-31(18-19(2)3)25-17-24-28(21-12-6-5-11-20(21)25)29(32)34-30(24)22-13-7-9-15-26(22)33-27-16-10-8-14-23(27)30/h5-17,19H,4,18H2,1-3H3. The van der Waals surface area contributed by atoms with Crippen LogP contribution in [0.2, 0.25) is 0 Å². The highest BCUT2D eigenvalue weighted by molar-refractivity contribution is 6.12. The Hall–Kier alpha value is -3.79. The number of fused-ring (bicyclic) bond motifs is 8. The molecular formula is C30H27NO3. The lowest BCUT2D eigenvalue weighted by Gasteiger charge is -2.37. The number of carbonyl (C=O) groups excluding carboxylic acids is 1. The second-order valence-electron chi connectivity index (χ2n) is 9.46. The molecule has 0 bridgehead atoms. The maximum atomic E-state index is 13.6. The first-order valence-corrected chi connectivity index (χ1v) is 12.0. The van der Waals surface area contributed by atoms with E-state index >= 15 is 0 Å². The molecule has 0 amide bonds. The minimum atomic E-state index is -1.05. The van der Waals surface area contributed by atoms with Gasteiger partial charge in [-0.05, 0) is 36.4 Å². The van der Waals surface area contributed by atoms with Gasteiger partial charge in [0.1, 0.15) is 11.5 Å². The molecule has 0 atom stereocenters. The molecule has 0 aliphatic carbocycles. The number of carbonyl (C=O) groups is 1. The largest absolute Gasteiger partial charge is 0.456 e. The van der Waals surface area contributed by atoms with Gasteiger partial charge in [-0.15, -0.1) is 0 Å². The van der Waals surface area contributed by atoms with E-state index in [2.05, 4.69) is 37.8 Å². The average molecular weight is 450 g/mol. The van der Waals surface area contributed by atoms with Gasteiger partial charge in [0, 0.05) is 40.9 Å². The van der Waals surface area contributed by atoms with E-state index in [4.69, 9.17) is 9.47 Å². The second kappa shape index (κ2) is 7.63. The summed E-state index contributed by atoms with van der Waals surface area (Å²) in [5.41, 5.74) is 3.32. The molecule has 2 aliphatic heterocycles. The van der Waals surface area contributed by atoms with Crippen LogP contribution in [0.3, 0.4) is 0 Å². The third-order valence-electron chi connectivity index (χ3n) is 6.91. The molecule has 4 aromatic carbocycles. The van der Waals surface area contributed by atoms with Crippen molar-refractivity contribution in [2.24, 2.45) is 5.92 Å². The second-order valence-corrected chi connectivity index (χ2v) is 9.46. The zero-order valence-corrected chi connectivity index (χ0v) is 19.7. The maximum Gasteiger partial charge on any atom is 0.340 e. The van der Waals surface area contributed by atoms with Crippen LogP contribution in [0.25, 0.3) is 10.8 Å². The number of anilines is 1. The van der Waals surface area contributed by atoms with E-state index in [1.807, 2.05) is 66.7 Å². The van der Waals surface area contributed by atoms with Crippen LogP contribution in [-0.2, 0) is 10.3 Å². The van der Waals surface area contributed by atoms with Gasteiger partial charge in [0.05, 0.1) is 5.56 Å². The first-order chi connectivity index (χ1) is 16.5. The molecule has 0 N–H and O–H groups in total. The topological polar surface area (TPSA) is 38.8 Å². The van der Waals surface area contributed by atoms with Crippen LogP contribution < -0.4 is 9.64 Å². The van der Waals surface area contributed by atoms with E-state index in [9.17, 15) is 4.79 Å². The monoisotopic (exact) mass is 449 g/mol. The normalized spacial score (nSPS) is 15.0. The Morgan fingerprint density at radius 2 is 1.41 bits per heavy atom. The SMILES string of the molecule is CCN(CC(C)C)c1cc2c(c3ccccc13)C(=O)OC21c2ccccc2Oc2ccccc21. The molecule has 170 valence electrons. The van der Waals surface area contributed by atoms with Crippen molar-refractivity contribution in [3.05, 3.63) is 101 Å². The van der Waals surface area contributed by atoms with E-state index in [0.717, 1.165) is 46.2 Å². The summed E-state index contributed by atoms with van der Waals surface area (Å²) in [7, 11) is 0. The molecule has 0 saturated heterocycles. The van der Waals surface area contributed by atoms with Gasteiger partial charge in [0.25, 0.3) is 0 Å². The Morgan fingerprint density at radius 1 is 0.824 bits per heavy atom. The molecular weight excluding hydrogens is 422 g/mol. The quantitative estimate of drug-likeness (QED) is 0.318. The highest BCUT2D eigenvalue weighted by atomic mass is 16.6. The van der Waals surface area contributed by atoms with Gasteiger partial charge in [0.15, 0.2) is 5.60 Å². The minimum absolute atomic E-state index is 0.295. The molecule has 34 heavy (non-hydrogen) atoms. The number of hydrogen-bond donors (Lipinski definition) is 0. The summed E-state index contributed by atoms with van der Waals surface area (Å²) in [5.74, 6) is 1.64. The zero-order chi connectivity index (χ0) is 23.4. The Bertz CT molecular complexity index is 1390. The van der Waals surface area contributed by atoms with Gasteiger partial charge < -0.3 is 14.4 Å². The van der Waals surface area contributed by atoms with Crippen LogP contribution in [-0.4, -0.2) is 19.1 Å².